The molecule has 0 spiro atoms. The molecule has 0 saturated carbocycles. The molecule has 1 aromatic heterocycles. The Balaban J connectivity index is 2.32. The van der Waals surface area contributed by atoms with Gasteiger partial charge in [0, 0.05) is 14.1 Å². The molecule has 0 aliphatic heterocycles. The quantitative estimate of drug-likeness (QED) is 0.910. The third-order valence-corrected chi connectivity index (χ3v) is 3.71. The average Bonchev–Trinajstić information content (AvgIpc) is 2.82. The summed E-state index contributed by atoms with van der Waals surface area (Å²) in [7, 11) is 5.10. The second kappa shape index (κ2) is 5.22. The summed E-state index contributed by atoms with van der Waals surface area (Å²) in [6.45, 7) is 0.290. The lowest BCUT2D eigenvalue weighted by Gasteiger charge is -2.13. The van der Waals surface area contributed by atoms with Gasteiger partial charge in [-0.25, -0.2) is 4.98 Å². The SMILES string of the molecule is CNC(=O)CN(C)c1nc2c(OC)cccc2s1. The molecule has 2 rings (SSSR count). The second-order valence-electron chi connectivity index (χ2n) is 3.83. The van der Waals surface area contributed by atoms with E-state index in [-0.39, 0.29) is 5.91 Å². The first-order valence-corrected chi connectivity index (χ1v) is 6.32. The van der Waals surface area contributed by atoms with E-state index in [1.165, 1.54) is 0 Å². The lowest BCUT2D eigenvalue weighted by atomic mass is 10.3. The van der Waals surface area contributed by atoms with Gasteiger partial charge in [-0.3, -0.25) is 4.79 Å². The number of ether oxygens (including phenoxy) is 1. The molecular formula is C12H15N3O2S. The number of rotatable bonds is 4. The highest BCUT2D eigenvalue weighted by Gasteiger charge is 2.13. The third kappa shape index (κ3) is 2.38. The molecule has 2 aromatic rings. The molecule has 6 heteroatoms. The minimum absolute atomic E-state index is 0.0382. The Kier molecular flexibility index (Phi) is 3.66. The second-order valence-corrected chi connectivity index (χ2v) is 4.84. The van der Waals surface area contributed by atoms with Gasteiger partial charge < -0.3 is 15.0 Å². The smallest absolute Gasteiger partial charge is 0.239 e. The summed E-state index contributed by atoms with van der Waals surface area (Å²) in [4.78, 5) is 17.7. The molecule has 5 nitrogen and oxygen atoms in total. The highest BCUT2D eigenvalue weighted by molar-refractivity contribution is 7.22. The van der Waals surface area contributed by atoms with Crippen molar-refractivity contribution < 1.29 is 9.53 Å². The number of anilines is 1. The van der Waals surface area contributed by atoms with E-state index in [4.69, 9.17) is 4.74 Å². The molecule has 0 bridgehead atoms. The first-order chi connectivity index (χ1) is 8.65. The van der Waals surface area contributed by atoms with E-state index in [9.17, 15) is 4.79 Å². The van der Waals surface area contributed by atoms with Crippen LogP contribution >= 0.6 is 11.3 Å². The number of carbonyl (C=O) groups excluding carboxylic acids is 1. The Morgan fingerprint density at radius 3 is 3.00 bits per heavy atom. The number of nitrogens with one attached hydrogen (secondary N) is 1. The summed E-state index contributed by atoms with van der Waals surface area (Å²) < 4.78 is 6.32. The van der Waals surface area contributed by atoms with E-state index in [0.29, 0.717) is 6.54 Å². The monoisotopic (exact) mass is 265 g/mol. The minimum Gasteiger partial charge on any atom is -0.494 e. The summed E-state index contributed by atoms with van der Waals surface area (Å²) in [5.74, 6) is 0.715. The fraction of sp³-hybridized carbons (Fsp3) is 0.333. The van der Waals surface area contributed by atoms with Crippen LogP contribution in [0.25, 0.3) is 10.2 Å². The van der Waals surface area contributed by atoms with E-state index in [1.807, 2.05) is 30.1 Å². The summed E-state index contributed by atoms with van der Waals surface area (Å²) >= 11 is 1.54. The summed E-state index contributed by atoms with van der Waals surface area (Å²) in [5, 5.41) is 3.40. The molecule has 1 amide bonds. The van der Waals surface area contributed by atoms with Crippen LogP contribution in [0.2, 0.25) is 0 Å². The zero-order valence-corrected chi connectivity index (χ0v) is 11.4. The third-order valence-electron chi connectivity index (χ3n) is 2.58. The molecule has 1 N–H and O–H groups in total. The number of likely N-dealkylation sites (N-methyl/N-ethyl adjacent to an activating group) is 2. The van der Waals surface area contributed by atoms with E-state index in [1.54, 1.807) is 25.5 Å². The number of nitrogens with zero attached hydrogens (tertiary/aromatic N) is 2. The van der Waals surface area contributed by atoms with Crippen LogP contribution in [0.4, 0.5) is 5.13 Å². The lowest BCUT2D eigenvalue weighted by Crippen LogP contribution is -2.32. The van der Waals surface area contributed by atoms with Gasteiger partial charge in [0.2, 0.25) is 5.91 Å². The molecule has 0 radical (unpaired) electrons. The summed E-state index contributed by atoms with van der Waals surface area (Å²) in [6.07, 6.45) is 0. The van der Waals surface area contributed by atoms with Crippen molar-refractivity contribution in [1.29, 1.82) is 0 Å². The van der Waals surface area contributed by atoms with Crippen LogP contribution in [0.1, 0.15) is 0 Å². The van der Waals surface area contributed by atoms with Gasteiger partial charge in [0.15, 0.2) is 5.13 Å². The minimum atomic E-state index is -0.0382. The van der Waals surface area contributed by atoms with Crippen molar-refractivity contribution in [2.75, 3.05) is 32.6 Å². The van der Waals surface area contributed by atoms with Crippen molar-refractivity contribution in [3.05, 3.63) is 18.2 Å². The highest BCUT2D eigenvalue weighted by Crippen LogP contribution is 2.33. The van der Waals surface area contributed by atoms with Crippen LogP contribution in [0.15, 0.2) is 18.2 Å². The fourth-order valence-corrected chi connectivity index (χ4v) is 2.55. The fourth-order valence-electron chi connectivity index (χ4n) is 1.60. The summed E-state index contributed by atoms with van der Waals surface area (Å²) in [6, 6.07) is 5.80. The van der Waals surface area contributed by atoms with Gasteiger partial charge in [0.25, 0.3) is 0 Å². The topological polar surface area (TPSA) is 54.5 Å². The average molecular weight is 265 g/mol. The number of amides is 1. The molecule has 96 valence electrons. The Morgan fingerprint density at radius 1 is 1.56 bits per heavy atom. The van der Waals surface area contributed by atoms with Crippen LogP contribution < -0.4 is 15.0 Å². The molecule has 0 unspecified atom stereocenters. The predicted molar refractivity (Wildman–Crippen MR) is 73.5 cm³/mol. The van der Waals surface area contributed by atoms with Crippen LogP contribution in [0.5, 0.6) is 5.75 Å². The number of thiazole rings is 1. The van der Waals surface area contributed by atoms with Crippen molar-refractivity contribution >= 4 is 32.6 Å². The predicted octanol–water partition coefficient (Wildman–Crippen LogP) is 1.49. The number of benzene rings is 1. The van der Waals surface area contributed by atoms with Gasteiger partial charge in [-0.1, -0.05) is 17.4 Å². The van der Waals surface area contributed by atoms with Crippen LogP contribution in [0, 0.1) is 0 Å². The van der Waals surface area contributed by atoms with Crippen molar-refractivity contribution in [1.82, 2.24) is 10.3 Å². The van der Waals surface area contributed by atoms with Crippen molar-refractivity contribution in [3.63, 3.8) is 0 Å². The molecule has 0 aliphatic rings. The summed E-state index contributed by atoms with van der Waals surface area (Å²) in [5.41, 5.74) is 0.837. The lowest BCUT2D eigenvalue weighted by molar-refractivity contribution is -0.119. The maximum Gasteiger partial charge on any atom is 0.239 e. The molecule has 18 heavy (non-hydrogen) atoms. The van der Waals surface area contributed by atoms with Crippen LogP contribution in [0.3, 0.4) is 0 Å². The van der Waals surface area contributed by atoms with E-state index < -0.39 is 0 Å². The normalized spacial score (nSPS) is 10.4. The maximum atomic E-state index is 11.3. The molecule has 0 saturated heterocycles. The van der Waals surface area contributed by atoms with Crippen LogP contribution in [-0.4, -0.2) is 38.6 Å². The Morgan fingerprint density at radius 2 is 2.33 bits per heavy atom. The number of fused-ring (bicyclic) bond motifs is 1. The van der Waals surface area contributed by atoms with Gasteiger partial charge in [-0.15, -0.1) is 0 Å². The standard InChI is InChI=1S/C12H15N3O2S/c1-13-10(16)7-15(2)12-14-11-8(17-3)5-4-6-9(11)18-12/h4-6H,7H2,1-3H3,(H,13,16). The van der Waals surface area contributed by atoms with Gasteiger partial charge in [-0.2, -0.15) is 0 Å². The molecular weight excluding hydrogens is 250 g/mol. The molecule has 1 aromatic carbocycles. The van der Waals surface area contributed by atoms with E-state index in [2.05, 4.69) is 10.3 Å². The largest absolute Gasteiger partial charge is 0.494 e. The van der Waals surface area contributed by atoms with Gasteiger partial charge in [0.05, 0.1) is 18.4 Å². The van der Waals surface area contributed by atoms with Crippen molar-refractivity contribution in [2.24, 2.45) is 0 Å². The molecule has 0 fully saturated rings. The number of hydrogen-bond donors (Lipinski definition) is 1. The van der Waals surface area contributed by atoms with Crippen LogP contribution in [-0.2, 0) is 4.79 Å². The zero-order valence-electron chi connectivity index (χ0n) is 10.6. The van der Waals surface area contributed by atoms with Crippen molar-refractivity contribution in [2.45, 2.75) is 0 Å². The first kappa shape index (κ1) is 12.6. The number of methoxy groups -OCH3 is 1. The van der Waals surface area contributed by atoms with E-state index in [0.717, 1.165) is 21.1 Å². The molecule has 1 heterocycles. The van der Waals surface area contributed by atoms with Gasteiger partial charge >= 0.3 is 0 Å². The first-order valence-electron chi connectivity index (χ1n) is 5.51. The molecule has 0 aliphatic carbocycles. The Labute approximate surface area is 109 Å². The number of para-hydroxylation sites is 1. The number of carbonyl (C=O) groups is 1. The van der Waals surface area contributed by atoms with Gasteiger partial charge in [-0.05, 0) is 12.1 Å². The maximum absolute atomic E-state index is 11.3. The Bertz CT molecular complexity index is 567. The molecule has 0 atom stereocenters. The van der Waals surface area contributed by atoms with Crippen molar-refractivity contribution in [3.8, 4) is 5.75 Å². The van der Waals surface area contributed by atoms with Gasteiger partial charge in [0.1, 0.15) is 11.3 Å². The highest BCUT2D eigenvalue weighted by atomic mass is 32.1. The number of aromatic nitrogens is 1. The number of hydrogen-bond acceptors (Lipinski definition) is 5. The Hall–Kier alpha value is -1.82. The van der Waals surface area contributed by atoms with E-state index >= 15 is 0 Å². The zero-order chi connectivity index (χ0) is 13.1.